The zero-order valence-electron chi connectivity index (χ0n) is 13.1. The van der Waals surface area contributed by atoms with E-state index >= 15 is 0 Å². The Labute approximate surface area is 134 Å². The average Bonchev–Trinajstić information content (AvgIpc) is 2.48. The van der Waals surface area contributed by atoms with Crippen LogP contribution in [0.5, 0.6) is 5.75 Å². The van der Waals surface area contributed by atoms with E-state index in [-0.39, 0.29) is 29.4 Å². The molecule has 0 aliphatic rings. The topological polar surface area (TPSA) is 110 Å². The highest BCUT2D eigenvalue weighted by Crippen LogP contribution is 2.24. The SMILES string of the molecule is COCCN(CC(=O)O)C(=O)c1cc(S(C)(=O)=O)ccc1OC. The number of carbonyl (C=O) groups is 2. The molecule has 0 saturated heterocycles. The van der Waals surface area contributed by atoms with Gasteiger partial charge in [0.15, 0.2) is 9.84 Å². The second-order valence-corrected chi connectivity index (χ2v) is 6.76. The number of hydrogen-bond acceptors (Lipinski definition) is 6. The number of ether oxygens (including phenoxy) is 2. The summed E-state index contributed by atoms with van der Waals surface area (Å²) in [5.74, 6) is -1.67. The largest absolute Gasteiger partial charge is 0.496 e. The summed E-state index contributed by atoms with van der Waals surface area (Å²) >= 11 is 0. The molecule has 0 atom stereocenters. The van der Waals surface area contributed by atoms with Crippen LogP contribution < -0.4 is 4.74 Å². The molecule has 1 rings (SSSR count). The number of amides is 1. The third-order valence-electron chi connectivity index (χ3n) is 3.01. The van der Waals surface area contributed by atoms with Crippen LogP contribution in [-0.2, 0) is 19.4 Å². The van der Waals surface area contributed by atoms with Gasteiger partial charge in [0.2, 0.25) is 0 Å². The van der Waals surface area contributed by atoms with Gasteiger partial charge >= 0.3 is 5.97 Å². The molecule has 0 unspecified atom stereocenters. The normalized spacial score (nSPS) is 11.1. The van der Waals surface area contributed by atoms with Crippen molar-refractivity contribution < 1.29 is 32.6 Å². The van der Waals surface area contributed by atoms with Gasteiger partial charge in [-0.2, -0.15) is 0 Å². The number of carbonyl (C=O) groups excluding carboxylic acids is 1. The van der Waals surface area contributed by atoms with Gasteiger partial charge in [0.25, 0.3) is 5.91 Å². The molecule has 0 fully saturated rings. The fraction of sp³-hybridized carbons (Fsp3) is 0.429. The maximum atomic E-state index is 12.6. The van der Waals surface area contributed by atoms with Crippen molar-refractivity contribution >= 4 is 21.7 Å². The summed E-state index contributed by atoms with van der Waals surface area (Å²) in [4.78, 5) is 24.5. The summed E-state index contributed by atoms with van der Waals surface area (Å²) in [7, 11) is -0.756. The van der Waals surface area contributed by atoms with Crippen LogP contribution in [0, 0.1) is 0 Å². The van der Waals surface area contributed by atoms with Crippen LogP contribution in [0.15, 0.2) is 23.1 Å². The fourth-order valence-corrected chi connectivity index (χ4v) is 2.52. The number of hydrogen-bond donors (Lipinski definition) is 1. The molecular formula is C14H19NO7S. The number of carboxylic acids is 1. The molecule has 0 radical (unpaired) electrons. The summed E-state index contributed by atoms with van der Waals surface area (Å²) in [6, 6.07) is 3.86. The Bertz CT molecular complexity index is 684. The highest BCUT2D eigenvalue weighted by Gasteiger charge is 2.23. The van der Waals surface area contributed by atoms with E-state index in [9.17, 15) is 18.0 Å². The Kier molecular flexibility index (Phi) is 6.52. The third kappa shape index (κ3) is 5.22. The minimum atomic E-state index is -3.52. The van der Waals surface area contributed by atoms with E-state index in [1.165, 1.54) is 32.4 Å². The highest BCUT2D eigenvalue weighted by molar-refractivity contribution is 7.90. The second-order valence-electron chi connectivity index (χ2n) is 4.75. The number of sulfone groups is 1. The van der Waals surface area contributed by atoms with Gasteiger partial charge in [-0.3, -0.25) is 9.59 Å². The van der Waals surface area contributed by atoms with Crippen molar-refractivity contribution in [3.05, 3.63) is 23.8 Å². The van der Waals surface area contributed by atoms with Gasteiger partial charge in [-0.25, -0.2) is 8.42 Å². The Morgan fingerprint density at radius 1 is 1.26 bits per heavy atom. The molecule has 128 valence electrons. The molecule has 0 aliphatic carbocycles. The molecule has 23 heavy (non-hydrogen) atoms. The first kappa shape index (κ1) is 18.9. The van der Waals surface area contributed by atoms with Crippen molar-refractivity contribution in [2.45, 2.75) is 4.90 Å². The molecule has 0 aromatic heterocycles. The summed E-state index contributed by atoms with van der Waals surface area (Å²) < 4.78 is 33.2. The molecule has 8 nitrogen and oxygen atoms in total. The lowest BCUT2D eigenvalue weighted by Gasteiger charge is -2.21. The Morgan fingerprint density at radius 3 is 2.39 bits per heavy atom. The van der Waals surface area contributed by atoms with Crippen molar-refractivity contribution in [2.24, 2.45) is 0 Å². The predicted octanol–water partition coefficient (Wildman–Crippen LogP) is 0.272. The van der Waals surface area contributed by atoms with Crippen molar-refractivity contribution in [3.8, 4) is 5.75 Å². The highest BCUT2D eigenvalue weighted by atomic mass is 32.2. The summed E-state index contributed by atoms with van der Waals surface area (Å²) in [6.07, 6.45) is 1.02. The molecule has 1 aromatic carbocycles. The van der Waals surface area contributed by atoms with Crippen molar-refractivity contribution in [1.82, 2.24) is 4.90 Å². The van der Waals surface area contributed by atoms with Crippen LogP contribution in [0.2, 0.25) is 0 Å². The van der Waals surface area contributed by atoms with Crippen molar-refractivity contribution in [1.29, 1.82) is 0 Å². The quantitative estimate of drug-likeness (QED) is 0.720. The lowest BCUT2D eigenvalue weighted by Crippen LogP contribution is -2.38. The monoisotopic (exact) mass is 345 g/mol. The minimum absolute atomic E-state index is 0.0206. The average molecular weight is 345 g/mol. The lowest BCUT2D eigenvalue weighted by molar-refractivity contribution is -0.137. The van der Waals surface area contributed by atoms with Gasteiger partial charge in [0.05, 0.1) is 24.2 Å². The Morgan fingerprint density at radius 2 is 1.91 bits per heavy atom. The number of carboxylic acid groups (broad SMARTS) is 1. The fourth-order valence-electron chi connectivity index (χ4n) is 1.87. The molecule has 1 N–H and O–H groups in total. The van der Waals surface area contributed by atoms with E-state index in [0.29, 0.717) is 0 Å². The molecule has 9 heteroatoms. The van der Waals surface area contributed by atoms with Crippen LogP contribution in [-0.4, -0.2) is 70.5 Å². The molecule has 0 aliphatic heterocycles. The lowest BCUT2D eigenvalue weighted by atomic mass is 10.1. The standard InChI is InChI=1S/C14H19NO7S/c1-21-7-6-15(9-13(16)17)14(18)11-8-10(23(3,19)20)4-5-12(11)22-2/h4-5,8H,6-7,9H2,1-3H3,(H,16,17). The predicted molar refractivity (Wildman–Crippen MR) is 81.5 cm³/mol. The van der Waals surface area contributed by atoms with Crippen molar-refractivity contribution in [3.63, 3.8) is 0 Å². The van der Waals surface area contributed by atoms with Gasteiger partial charge < -0.3 is 19.5 Å². The zero-order chi connectivity index (χ0) is 17.6. The van der Waals surface area contributed by atoms with E-state index in [0.717, 1.165) is 11.2 Å². The minimum Gasteiger partial charge on any atom is -0.496 e. The molecule has 0 bridgehead atoms. The summed E-state index contributed by atoms with van der Waals surface area (Å²) in [5.41, 5.74) is -0.0206. The van der Waals surface area contributed by atoms with Crippen LogP contribution in [0.4, 0.5) is 0 Å². The van der Waals surface area contributed by atoms with Crippen LogP contribution in [0.3, 0.4) is 0 Å². The number of aliphatic carboxylic acids is 1. The van der Waals surface area contributed by atoms with Gasteiger partial charge in [0.1, 0.15) is 12.3 Å². The first-order chi connectivity index (χ1) is 10.7. The third-order valence-corrected chi connectivity index (χ3v) is 4.12. The summed E-state index contributed by atoms with van der Waals surface area (Å²) in [5, 5.41) is 8.93. The molecule has 1 amide bonds. The summed E-state index contributed by atoms with van der Waals surface area (Å²) in [6.45, 7) is -0.338. The number of rotatable bonds is 8. The first-order valence-electron chi connectivity index (χ1n) is 6.58. The number of methoxy groups -OCH3 is 2. The van der Waals surface area contributed by atoms with Crippen LogP contribution in [0.25, 0.3) is 0 Å². The van der Waals surface area contributed by atoms with E-state index < -0.39 is 28.3 Å². The van der Waals surface area contributed by atoms with E-state index in [1.54, 1.807) is 0 Å². The van der Waals surface area contributed by atoms with Crippen LogP contribution in [0.1, 0.15) is 10.4 Å². The maximum absolute atomic E-state index is 12.6. The maximum Gasteiger partial charge on any atom is 0.323 e. The van der Waals surface area contributed by atoms with Crippen LogP contribution >= 0.6 is 0 Å². The van der Waals surface area contributed by atoms with E-state index in [2.05, 4.69) is 0 Å². The molecule has 1 aromatic rings. The number of nitrogens with zero attached hydrogens (tertiary/aromatic N) is 1. The van der Waals surface area contributed by atoms with E-state index in [1.807, 2.05) is 0 Å². The first-order valence-corrected chi connectivity index (χ1v) is 8.48. The second kappa shape index (κ2) is 7.93. The van der Waals surface area contributed by atoms with E-state index in [4.69, 9.17) is 14.6 Å². The molecule has 0 spiro atoms. The van der Waals surface area contributed by atoms with Gasteiger partial charge in [0, 0.05) is 19.9 Å². The molecule has 0 heterocycles. The zero-order valence-corrected chi connectivity index (χ0v) is 13.9. The number of benzene rings is 1. The van der Waals surface area contributed by atoms with Crippen molar-refractivity contribution in [2.75, 3.05) is 40.2 Å². The van der Waals surface area contributed by atoms with Gasteiger partial charge in [-0.1, -0.05) is 0 Å². The Balaban J connectivity index is 3.27. The molecular weight excluding hydrogens is 326 g/mol. The smallest absolute Gasteiger partial charge is 0.323 e. The van der Waals surface area contributed by atoms with Gasteiger partial charge in [-0.05, 0) is 18.2 Å². The van der Waals surface area contributed by atoms with Gasteiger partial charge in [-0.15, -0.1) is 0 Å². The Hall–Kier alpha value is -2.13. The molecule has 0 saturated carbocycles.